The third-order valence-corrected chi connectivity index (χ3v) is 4.69. The average Bonchev–Trinajstić information content (AvgIpc) is 3.09. The fourth-order valence-corrected chi connectivity index (χ4v) is 3.55. The van der Waals surface area contributed by atoms with Crippen LogP contribution in [-0.4, -0.2) is 15.5 Å². The molecule has 1 aliphatic carbocycles. The number of fused-ring (bicyclic) bond motifs is 1. The molecule has 1 N–H and O–H groups in total. The zero-order chi connectivity index (χ0) is 16.1. The van der Waals surface area contributed by atoms with Gasteiger partial charge in [0.15, 0.2) is 0 Å². The molecule has 2 atom stereocenters. The fraction of sp³-hybridized carbons (Fsp3) is 0.474. The molecule has 0 spiro atoms. The lowest BCUT2D eigenvalue weighted by Crippen LogP contribution is -2.32. The molecule has 122 valence electrons. The molecule has 1 aromatic carbocycles. The second kappa shape index (κ2) is 7.44. The van der Waals surface area contributed by atoms with Crippen LogP contribution in [0.2, 0.25) is 0 Å². The Labute approximate surface area is 137 Å². The van der Waals surface area contributed by atoms with E-state index in [1.165, 1.54) is 11.1 Å². The molecule has 2 aromatic rings. The number of hydrogen-bond acceptors (Lipinski definition) is 2. The van der Waals surface area contributed by atoms with Crippen molar-refractivity contribution >= 4 is 5.91 Å². The molecule has 23 heavy (non-hydrogen) atoms. The first-order valence-electron chi connectivity index (χ1n) is 8.62. The minimum absolute atomic E-state index is 0.138. The summed E-state index contributed by atoms with van der Waals surface area (Å²) in [4.78, 5) is 16.7. The second-order valence-corrected chi connectivity index (χ2v) is 6.37. The topological polar surface area (TPSA) is 46.9 Å². The zero-order valence-corrected chi connectivity index (χ0v) is 13.7. The molecule has 0 radical (unpaired) electrons. The molecular weight excluding hydrogens is 286 g/mol. The number of aryl methyl sites for hydroxylation is 1. The first-order valence-corrected chi connectivity index (χ1v) is 8.62. The van der Waals surface area contributed by atoms with Crippen LogP contribution in [0.15, 0.2) is 43.0 Å². The molecule has 0 aliphatic heterocycles. The highest BCUT2D eigenvalue weighted by Gasteiger charge is 2.23. The summed E-state index contributed by atoms with van der Waals surface area (Å²) in [7, 11) is 0. The van der Waals surface area contributed by atoms with E-state index >= 15 is 0 Å². The Balaban J connectivity index is 1.65. The lowest BCUT2D eigenvalue weighted by molar-refractivity contribution is -0.122. The van der Waals surface area contributed by atoms with Gasteiger partial charge < -0.3 is 9.88 Å². The highest BCUT2D eigenvalue weighted by Crippen LogP contribution is 2.30. The Morgan fingerprint density at radius 1 is 1.43 bits per heavy atom. The van der Waals surface area contributed by atoms with Crippen LogP contribution in [-0.2, 0) is 11.2 Å². The summed E-state index contributed by atoms with van der Waals surface area (Å²) in [5.41, 5.74) is 2.67. The predicted octanol–water partition coefficient (Wildman–Crippen LogP) is 3.81. The summed E-state index contributed by atoms with van der Waals surface area (Å²) in [6, 6.07) is 8.84. The van der Waals surface area contributed by atoms with Crippen molar-refractivity contribution in [3.05, 3.63) is 54.1 Å². The van der Waals surface area contributed by atoms with Gasteiger partial charge in [-0.25, -0.2) is 4.98 Å². The van der Waals surface area contributed by atoms with Crippen molar-refractivity contribution in [3.63, 3.8) is 0 Å². The standard InChI is InChI=1S/C19H25N3O/c1-2-6-16(22-12-11-20-14-22)13-19(23)21-18-10-5-8-15-7-3-4-9-17(15)18/h3-4,7,9,11-12,14,16,18H,2,5-6,8,10,13H2,1H3,(H,21,23). The van der Waals surface area contributed by atoms with Crippen LogP contribution in [0.4, 0.5) is 0 Å². The summed E-state index contributed by atoms with van der Waals surface area (Å²) >= 11 is 0. The summed E-state index contributed by atoms with van der Waals surface area (Å²) in [5.74, 6) is 0.138. The third-order valence-electron chi connectivity index (χ3n) is 4.69. The lowest BCUT2D eigenvalue weighted by Gasteiger charge is -2.27. The van der Waals surface area contributed by atoms with Gasteiger partial charge >= 0.3 is 0 Å². The number of carbonyl (C=O) groups is 1. The van der Waals surface area contributed by atoms with Gasteiger partial charge in [0.2, 0.25) is 5.91 Å². The quantitative estimate of drug-likeness (QED) is 0.882. The smallest absolute Gasteiger partial charge is 0.222 e. The van der Waals surface area contributed by atoms with E-state index in [1.54, 1.807) is 6.20 Å². The van der Waals surface area contributed by atoms with Gasteiger partial charge in [-0.2, -0.15) is 0 Å². The first-order chi connectivity index (χ1) is 11.3. The maximum absolute atomic E-state index is 12.6. The number of hydrogen-bond donors (Lipinski definition) is 1. The number of aromatic nitrogens is 2. The SMILES string of the molecule is CCCC(CC(=O)NC1CCCc2ccccc21)n1ccnc1. The number of benzene rings is 1. The van der Waals surface area contributed by atoms with Crippen molar-refractivity contribution in [1.29, 1.82) is 0 Å². The number of rotatable bonds is 6. The molecule has 1 amide bonds. The molecule has 4 heteroatoms. The van der Waals surface area contributed by atoms with E-state index in [0.29, 0.717) is 6.42 Å². The monoisotopic (exact) mass is 311 g/mol. The van der Waals surface area contributed by atoms with Gasteiger partial charge in [-0.1, -0.05) is 37.6 Å². The Hall–Kier alpha value is -2.10. The molecule has 0 saturated heterocycles. The van der Waals surface area contributed by atoms with E-state index in [4.69, 9.17) is 0 Å². The number of amides is 1. The number of imidazole rings is 1. The molecule has 0 saturated carbocycles. The summed E-state index contributed by atoms with van der Waals surface area (Å²) < 4.78 is 2.05. The van der Waals surface area contributed by atoms with E-state index in [-0.39, 0.29) is 18.0 Å². The normalized spacial score (nSPS) is 18.2. The summed E-state index contributed by atoms with van der Waals surface area (Å²) in [6.07, 6.45) is 11.4. The zero-order valence-electron chi connectivity index (χ0n) is 13.7. The highest BCUT2D eigenvalue weighted by atomic mass is 16.1. The van der Waals surface area contributed by atoms with Crippen LogP contribution in [0.25, 0.3) is 0 Å². The number of nitrogens with one attached hydrogen (secondary N) is 1. The van der Waals surface area contributed by atoms with Crippen molar-refractivity contribution < 1.29 is 4.79 Å². The molecule has 1 heterocycles. The summed E-state index contributed by atoms with van der Waals surface area (Å²) in [5, 5.41) is 3.25. The molecule has 0 fully saturated rings. The van der Waals surface area contributed by atoms with Crippen LogP contribution in [0, 0.1) is 0 Å². The van der Waals surface area contributed by atoms with Gasteiger partial charge in [0.05, 0.1) is 12.4 Å². The maximum atomic E-state index is 12.6. The van der Waals surface area contributed by atoms with E-state index in [9.17, 15) is 4.79 Å². The number of nitrogens with zero attached hydrogens (tertiary/aromatic N) is 2. The van der Waals surface area contributed by atoms with Crippen LogP contribution >= 0.6 is 0 Å². The van der Waals surface area contributed by atoms with Gasteiger partial charge in [-0.3, -0.25) is 4.79 Å². The maximum Gasteiger partial charge on any atom is 0.222 e. The van der Waals surface area contributed by atoms with E-state index in [2.05, 4.69) is 46.1 Å². The van der Waals surface area contributed by atoms with Crippen molar-refractivity contribution in [2.75, 3.05) is 0 Å². The van der Waals surface area contributed by atoms with Crippen molar-refractivity contribution in [3.8, 4) is 0 Å². The first kappa shape index (κ1) is 15.8. The van der Waals surface area contributed by atoms with Crippen LogP contribution in [0.1, 0.15) is 62.2 Å². The number of carbonyl (C=O) groups excluding carboxylic acids is 1. The van der Waals surface area contributed by atoms with Gasteiger partial charge in [-0.05, 0) is 36.8 Å². The van der Waals surface area contributed by atoms with E-state index in [1.807, 2.05) is 12.5 Å². The van der Waals surface area contributed by atoms with Gasteiger partial charge in [0, 0.05) is 24.9 Å². The third kappa shape index (κ3) is 3.81. The molecule has 4 nitrogen and oxygen atoms in total. The highest BCUT2D eigenvalue weighted by molar-refractivity contribution is 5.77. The van der Waals surface area contributed by atoms with E-state index in [0.717, 1.165) is 32.1 Å². The van der Waals surface area contributed by atoms with Crippen LogP contribution in [0.5, 0.6) is 0 Å². The Bertz CT molecular complexity index is 636. The van der Waals surface area contributed by atoms with E-state index < -0.39 is 0 Å². The molecule has 1 aliphatic rings. The Morgan fingerprint density at radius 2 is 2.30 bits per heavy atom. The molecule has 0 bridgehead atoms. The van der Waals surface area contributed by atoms with Gasteiger partial charge in [-0.15, -0.1) is 0 Å². The summed E-state index contributed by atoms with van der Waals surface area (Å²) in [6.45, 7) is 2.15. The minimum Gasteiger partial charge on any atom is -0.349 e. The van der Waals surface area contributed by atoms with Crippen molar-refractivity contribution in [2.24, 2.45) is 0 Å². The lowest BCUT2D eigenvalue weighted by atomic mass is 9.87. The Kier molecular flexibility index (Phi) is 5.11. The van der Waals surface area contributed by atoms with Gasteiger partial charge in [0.1, 0.15) is 0 Å². The molecule has 1 aromatic heterocycles. The predicted molar refractivity (Wildman–Crippen MR) is 91.1 cm³/mol. The van der Waals surface area contributed by atoms with Crippen molar-refractivity contribution in [2.45, 2.75) is 57.5 Å². The minimum atomic E-state index is 0.138. The van der Waals surface area contributed by atoms with Crippen LogP contribution in [0.3, 0.4) is 0 Å². The molecule has 2 unspecified atom stereocenters. The Morgan fingerprint density at radius 3 is 3.09 bits per heavy atom. The molecular formula is C19H25N3O. The van der Waals surface area contributed by atoms with Gasteiger partial charge in [0.25, 0.3) is 0 Å². The average molecular weight is 311 g/mol. The molecule has 3 rings (SSSR count). The van der Waals surface area contributed by atoms with Crippen molar-refractivity contribution in [1.82, 2.24) is 14.9 Å². The second-order valence-electron chi connectivity index (χ2n) is 6.37. The van der Waals surface area contributed by atoms with Crippen LogP contribution < -0.4 is 5.32 Å². The fourth-order valence-electron chi connectivity index (χ4n) is 3.55. The largest absolute Gasteiger partial charge is 0.349 e.